The van der Waals surface area contributed by atoms with Gasteiger partial charge in [0.25, 0.3) is 0 Å². The van der Waals surface area contributed by atoms with Crippen LogP contribution in [-0.4, -0.2) is 23.7 Å². The number of rotatable bonds is 3. The Bertz CT molecular complexity index is 369. The van der Waals surface area contributed by atoms with E-state index in [2.05, 4.69) is 33.2 Å². The first kappa shape index (κ1) is 12.1. The maximum atomic E-state index is 5.84. The summed E-state index contributed by atoms with van der Waals surface area (Å²) in [6.45, 7) is 2.98. The summed E-state index contributed by atoms with van der Waals surface area (Å²) in [5.41, 5.74) is 0. The van der Waals surface area contributed by atoms with Crippen LogP contribution in [0.25, 0.3) is 0 Å². The fourth-order valence-electron chi connectivity index (χ4n) is 1.83. The Morgan fingerprint density at radius 3 is 3.12 bits per heavy atom. The first-order valence-corrected chi connectivity index (χ1v) is 6.53. The topological polar surface area (TPSA) is 34.2 Å². The molecule has 0 radical (unpaired) electrons. The molecule has 1 aliphatic heterocycles. The van der Waals surface area contributed by atoms with Gasteiger partial charge in [0, 0.05) is 12.8 Å². The van der Waals surface area contributed by atoms with Gasteiger partial charge in [-0.05, 0) is 41.8 Å². The Morgan fingerprint density at radius 1 is 1.69 bits per heavy atom. The van der Waals surface area contributed by atoms with Crippen molar-refractivity contribution < 1.29 is 4.74 Å². The molecule has 0 spiro atoms. The van der Waals surface area contributed by atoms with E-state index in [1.807, 2.05) is 6.07 Å². The molecular formula is C11H14BrClN2O. The summed E-state index contributed by atoms with van der Waals surface area (Å²) in [4.78, 5) is 4.24. The number of aromatic nitrogens is 1. The van der Waals surface area contributed by atoms with Crippen LogP contribution in [0.5, 0.6) is 0 Å². The standard InChI is InChI=1S/C11H14BrClN2O/c1-7(10-3-2-4-16-10)15-11-9(12)5-8(13)6-14-11/h5-7,10H,2-4H2,1H3,(H,14,15). The van der Waals surface area contributed by atoms with Crippen molar-refractivity contribution in [3.05, 3.63) is 21.8 Å². The monoisotopic (exact) mass is 304 g/mol. The normalized spacial score (nSPS) is 22.1. The Morgan fingerprint density at radius 2 is 2.50 bits per heavy atom. The van der Waals surface area contributed by atoms with E-state index in [1.54, 1.807) is 6.20 Å². The van der Waals surface area contributed by atoms with Crippen molar-refractivity contribution in [2.45, 2.75) is 31.9 Å². The molecule has 1 fully saturated rings. The molecular weight excluding hydrogens is 291 g/mol. The van der Waals surface area contributed by atoms with Crippen LogP contribution in [0.1, 0.15) is 19.8 Å². The van der Waals surface area contributed by atoms with Crippen molar-refractivity contribution in [1.29, 1.82) is 0 Å². The van der Waals surface area contributed by atoms with Crippen molar-refractivity contribution in [2.75, 3.05) is 11.9 Å². The van der Waals surface area contributed by atoms with Crippen molar-refractivity contribution in [3.63, 3.8) is 0 Å². The molecule has 16 heavy (non-hydrogen) atoms. The molecule has 0 bridgehead atoms. The van der Waals surface area contributed by atoms with Crippen LogP contribution in [0.2, 0.25) is 5.02 Å². The molecule has 0 saturated carbocycles. The molecule has 0 amide bonds. The number of hydrogen-bond donors (Lipinski definition) is 1. The lowest BCUT2D eigenvalue weighted by molar-refractivity contribution is 0.0995. The van der Waals surface area contributed by atoms with Crippen LogP contribution in [0.4, 0.5) is 5.82 Å². The summed E-state index contributed by atoms with van der Waals surface area (Å²) in [7, 11) is 0. The molecule has 88 valence electrons. The van der Waals surface area contributed by atoms with Gasteiger partial charge in [0.2, 0.25) is 0 Å². The van der Waals surface area contributed by atoms with Gasteiger partial charge in [0.1, 0.15) is 5.82 Å². The van der Waals surface area contributed by atoms with Gasteiger partial charge in [0.15, 0.2) is 0 Å². The van der Waals surface area contributed by atoms with Crippen molar-refractivity contribution in [1.82, 2.24) is 4.98 Å². The fraction of sp³-hybridized carbons (Fsp3) is 0.545. The van der Waals surface area contributed by atoms with Gasteiger partial charge in [-0.15, -0.1) is 0 Å². The Kier molecular flexibility index (Phi) is 4.05. The highest BCUT2D eigenvalue weighted by molar-refractivity contribution is 9.10. The molecule has 3 nitrogen and oxygen atoms in total. The number of nitrogens with zero attached hydrogens (tertiary/aromatic N) is 1. The summed E-state index contributed by atoms with van der Waals surface area (Å²) < 4.78 is 6.50. The first-order chi connectivity index (χ1) is 7.66. The average Bonchev–Trinajstić information content (AvgIpc) is 2.75. The second-order valence-electron chi connectivity index (χ2n) is 3.97. The van der Waals surface area contributed by atoms with E-state index in [0.717, 1.165) is 29.7 Å². The summed E-state index contributed by atoms with van der Waals surface area (Å²) >= 11 is 9.27. The third-order valence-electron chi connectivity index (χ3n) is 2.69. The van der Waals surface area contributed by atoms with Crippen LogP contribution in [-0.2, 0) is 4.74 Å². The van der Waals surface area contributed by atoms with Crippen LogP contribution < -0.4 is 5.32 Å². The predicted octanol–water partition coefficient (Wildman–Crippen LogP) is 3.48. The predicted molar refractivity (Wildman–Crippen MR) is 69.0 cm³/mol. The number of halogens is 2. The van der Waals surface area contributed by atoms with E-state index in [0.29, 0.717) is 5.02 Å². The zero-order valence-electron chi connectivity index (χ0n) is 9.04. The summed E-state index contributed by atoms with van der Waals surface area (Å²) in [5.74, 6) is 0.812. The molecule has 2 rings (SSSR count). The molecule has 1 aromatic rings. The number of ether oxygens (including phenoxy) is 1. The minimum atomic E-state index is 0.257. The largest absolute Gasteiger partial charge is 0.376 e. The zero-order chi connectivity index (χ0) is 11.5. The minimum Gasteiger partial charge on any atom is -0.376 e. The highest BCUT2D eigenvalue weighted by Crippen LogP contribution is 2.25. The third kappa shape index (κ3) is 2.87. The second kappa shape index (κ2) is 5.34. The zero-order valence-corrected chi connectivity index (χ0v) is 11.4. The lowest BCUT2D eigenvalue weighted by atomic mass is 10.1. The molecule has 1 aromatic heterocycles. The maximum absolute atomic E-state index is 5.84. The van der Waals surface area contributed by atoms with Crippen molar-refractivity contribution >= 4 is 33.3 Å². The van der Waals surface area contributed by atoms with Gasteiger partial charge in [-0.3, -0.25) is 0 Å². The lowest BCUT2D eigenvalue weighted by Gasteiger charge is -2.21. The number of hydrogen-bond acceptors (Lipinski definition) is 3. The van der Waals surface area contributed by atoms with Crippen LogP contribution in [0.3, 0.4) is 0 Å². The quantitative estimate of drug-likeness (QED) is 0.928. The Balaban J connectivity index is 2.02. The second-order valence-corrected chi connectivity index (χ2v) is 5.26. The summed E-state index contributed by atoms with van der Waals surface area (Å²) in [5, 5.41) is 3.96. The highest BCUT2D eigenvalue weighted by atomic mass is 79.9. The summed E-state index contributed by atoms with van der Waals surface area (Å²) in [6.07, 6.45) is 4.17. The van der Waals surface area contributed by atoms with Gasteiger partial charge in [-0.2, -0.15) is 0 Å². The Hall–Kier alpha value is -0.320. The molecule has 1 aliphatic rings. The molecule has 1 N–H and O–H groups in total. The average molecular weight is 306 g/mol. The number of nitrogens with one attached hydrogen (secondary N) is 1. The minimum absolute atomic E-state index is 0.257. The number of pyridine rings is 1. The van der Waals surface area contributed by atoms with E-state index in [9.17, 15) is 0 Å². The molecule has 5 heteroatoms. The first-order valence-electron chi connectivity index (χ1n) is 5.36. The molecule has 2 atom stereocenters. The van der Waals surface area contributed by atoms with Crippen LogP contribution in [0, 0.1) is 0 Å². The summed E-state index contributed by atoms with van der Waals surface area (Å²) in [6, 6.07) is 2.09. The molecule has 2 unspecified atom stereocenters. The van der Waals surface area contributed by atoms with E-state index < -0.39 is 0 Å². The lowest BCUT2D eigenvalue weighted by Crippen LogP contribution is -2.30. The van der Waals surface area contributed by atoms with Gasteiger partial charge in [-0.25, -0.2) is 4.98 Å². The fourth-order valence-corrected chi connectivity index (χ4v) is 2.58. The van der Waals surface area contributed by atoms with E-state index >= 15 is 0 Å². The van der Waals surface area contributed by atoms with E-state index in [1.165, 1.54) is 0 Å². The molecule has 1 saturated heterocycles. The highest BCUT2D eigenvalue weighted by Gasteiger charge is 2.22. The van der Waals surface area contributed by atoms with Gasteiger partial charge < -0.3 is 10.1 Å². The maximum Gasteiger partial charge on any atom is 0.140 e. The Labute approximate surface area is 109 Å². The van der Waals surface area contributed by atoms with Gasteiger partial charge in [-0.1, -0.05) is 11.6 Å². The van der Waals surface area contributed by atoms with Crippen LogP contribution in [0.15, 0.2) is 16.7 Å². The SMILES string of the molecule is CC(Nc1ncc(Cl)cc1Br)C1CCCO1. The molecule has 0 aromatic carbocycles. The number of anilines is 1. The molecule has 0 aliphatic carbocycles. The van der Waals surface area contributed by atoms with E-state index in [-0.39, 0.29) is 12.1 Å². The van der Waals surface area contributed by atoms with Crippen molar-refractivity contribution in [2.24, 2.45) is 0 Å². The van der Waals surface area contributed by atoms with E-state index in [4.69, 9.17) is 16.3 Å². The van der Waals surface area contributed by atoms with Crippen LogP contribution >= 0.6 is 27.5 Å². The van der Waals surface area contributed by atoms with Gasteiger partial charge in [0.05, 0.1) is 21.6 Å². The van der Waals surface area contributed by atoms with Gasteiger partial charge >= 0.3 is 0 Å². The molecule has 2 heterocycles. The van der Waals surface area contributed by atoms with Crippen molar-refractivity contribution in [3.8, 4) is 0 Å². The smallest absolute Gasteiger partial charge is 0.140 e. The third-order valence-corrected chi connectivity index (χ3v) is 3.51.